The summed E-state index contributed by atoms with van der Waals surface area (Å²) in [7, 11) is 0. The highest BCUT2D eigenvalue weighted by Gasteiger charge is 2.56. The van der Waals surface area contributed by atoms with Crippen LogP contribution in [0.3, 0.4) is 0 Å². The second-order valence-electron chi connectivity index (χ2n) is 9.25. The van der Waals surface area contributed by atoms with Crippen molar-refractivity contribution in [2.75, 3.05) is 19.7 Å². The number of halogens is 1. The van der Waals surface area contributed by atoms with Crippen LogP contribution < -0.4 is 10.5 Å². The predicted molar refractivity (Wildman–Crippen MR) is 115 cm³/mol. The molecule has 0 unspecified atom stereocenters. The molecule has 7 nitrogen and oxygen atoms in total. The number of piperidine rings is 1. The van der Waals surface area contributed by atoms with E-state index in [1.165, 1.54) is 6.20 Å². The Morgan fingerprint density at radius 3 is 2.91 bits per heavy atom. The van der Waals surface area contributed by atoms with Crippen molar-refractivity contribution in [2.45, 2.75) is 37.3 Å². The molecule has 1 aromatic carbocycles. The van der Waals surface area contributed by atoms with Gasteiger partial charge in [0, 0.05) is 49.2 Å². The Bertz CT molecular complexity index is 1120. The number of nitrogens with two attached hydrogens (primary N) is 1. The van der Waals surface area contributed by atoms with Crippen molar-refractivity contribution in [3.05, 3.63) is 48.0 Å². The van der Waals surface area contributed by atoms with Crippen LogP contribution in [0.1, 0.15) is 31.2 Å². The highest BCUT2D eigenvalue weighted by molar-refractivity contribution is 5.78. The van der Waals surface area contributed by atoms with Crippen LogP contribution in [-0.2, 0) is 15.1 Å². The van der Waals surface area contributed by atoms with Gasteiger partial charge in [0.1, 0.15) is 24.0 Å². The summed E-state index contributed by atoms with van der Waals surface area (Å²) >= 11 is 0. The van der Waals surface area contributed by atoms with Crippen molar-refractivity contribution in [3.8, 4) is 16.9 Å². The standard InChI is InChI=1S/C24H25FN4O3/c25-22-16(2-1-8-27-22)15-5-6-19-17(11-15)24(13-31-23(26)28-24)18-12-29(9-7-20(18)32-19)21(30)10-14-3-4-14/h1-2,5-6,8,11,14,18,20H,3-4,7,9-10,12-13H2,(H2,26,28)/t18-,20-,24+/m0/s1. The van der Waals surface area contributed by atoms with Gasteiger partial charge in [0.05, 0.1) is 0 Å². The van der Waals surface area contributed by atoms with Crippen molar-refractivity contribution in [1.82, 2.24) is 9.88 Å². The number of ether oxygens (including phenoxy) is 2. The van der Waals surface area contributed by atoms with Crippen molar-refractivity contribution >= 4 is 11.9 Å². The lowest BCUT2D eigenvalue weighted by Crippen LogP contribution is -2.58. The van der Waals surface area contributed by atoms with E-state index in [1.54, 1.807) is 12.1 Å². The molecule has 1 spiro atoms. The quantitative estimate of drug-likeness (QED) is 0.748. The zero-order valence-electron chi connectivity index (χ0n) is 17.7. The summed E-state index contributed by atoms with van der Waals surface area (Å²) in [6.45, 7) is 1.50. The van der Waals surface area contributed by atoms with E-state index in [9.17, 15) is 9.18 Å². The number of carbonyl (C=O) groups is 1. The summed E-state index contributed by atoms with van der Waals surface area (Å²) in [5.74, 6) is 0.823. The Hall–Kier alpha value is -3.16. The number of benzene rings is 1. The van der Waals surface area contributed by atoms with Crippen molar-refractivity contribution in [3.63, 3.8) is 0 Å². The van der Waals surface area contributed by atoms with Crippen LogP contribution in [0.4, 0.5) is 4.39 Å². The maximum atomic E-state index is 14.4. The van der Waals surface area contributed by atoms with Gasteiger partial charge in [-0.25, -0.2) is 9.98 Å². The summed E-state index contributed by atoms with van der Waals surface area (Å²) in [4.78, 5) is 23.4. The molecular formula is C24H25FN4O3. The molecule has 1 saturated carbocycles. The number of nitrogens with zero attached hydrogens (tertiary/aromatic N) is 3. The molecule has 0 bridgehead atoms. The van der Waals surface area contributed by atoms with Crippen molar-refractivity contribution in [1.29, 1.82) is 0 Å². The molecule has 3 atom stereocenters. The Kier molecular flexibility index (Phi) is 4.38. The molecule has 3 aliphatic heterocycles. The number of amides is 1. The lowest BCUT2D eigenvalue weighted by molar-refractivity contribution is -0.137. The monoisotopic (exact) mass is 436 g/mol. The molecule has 1 saturated heterocycles. The van der Waals surface area contributed by atoms with Crippen LogP contribution >= 0.6 is 0 Å². The maximum Gasteiger partial charge on any atom is 0.283 e. The summed E-state index contributed by atoms with van der Waals surface area (Å²) in [6.07, 6.45) is 4.98. The predicted octanol–water partition coefficient (Wildman–Crippen LogP) is 2.84. The largest absolute Gasteiger partial charge is 0.490 e. The third-order valence-corrected chi connectivity index (χ3v) is 7.22. The van der Waals surface area contributed by atoms with Gasteiger partial charge in [-0.05, 0) is 48.6 Å². The van der Waals surface area contributed by atoms with Crippen LogP contribution in [-0.4, -0.2) is 47.6 Å². The fraction of sp³-hybridized carbons (Fsp3) is 0.458. The lowest BCUT2D eigenvalue weighted by atomic mass is 9.71. The number of carbonyl (C=O) groups excluding carboxylic acids is 1. The van der Waals surface area contributed by atoms with Gasteiger partial charge >= 0.3 is 0 Å². The molecule has 4 aliphatic rings. The molecule has 1 amide bonds. The van der Waals surface area contributed by atoms with Gasteiger partial charge in [-0.3, -0.25) is 4.79 Å². The van der Waals surface area contributed by atoms with Crippen LogP contribution in [0.2, 0.25) is 0 Å². The molecule has 2 fully saturated rings. The smallest absolute Gasteiger partial charge is 0.283 e. The first kappa shape index (κ1) is 19.5. The second-order valence-corrected chi connectivity index (χ2v) is 9.25. The van der Waals surface area contributed by atoms with E-state index in [0.717, 1.165) is 24.8 Å². The minimum absolute atomic E-state index is 0.0910. The molecule has 32 heavy (non-hydrogen) atoms. The van der Waals surface area contributed by atoms with E-state index < -0.39 is 11.5 Å². The van der Waals surface area contributed by atoms with E-state index in [0.29, 0.717) is 42.3 Å². The molecule has 6 rings (SSSR count). The van der Waals surface area contributed by atoms with Crippen LogP contribution in [0, 0.1) is 17.8 Å². The Morgan fingerprint density at radius 2 is 2.16 bits per heavy atom. The molecule has 166 valence electrons. The van der Waals surface area contributed by atoms with Gasteiger partial charge in [-0.2, -0.15) is 4.39 Å². The van der Waals surface area contributed by atoms with Crippen LogP contribution in [0.5, 0.6) is 5.75 Å². The zero-order valence-corrected chi connectivity index (χ0v) is 17.7. The average Bonchev–Trinajstić information content (AvgIpc) is 3.53. The third kappa shape index (κ3) is 3.12. The van der Waals surface area contributed by atoms with E-state index in [4.69, 9.17) is 20.2 Å². The first-order valence-electron chi connectivity index (χ1n) is 11.2. The van der Waals surface area contributed by atoms with E-state index >= 15 is 0 Å². The number of aromatic nitrogens is 1. The molecule has 2 N–H and O–H groups in total. The number of hydrogen-bond acceptors (Lipinski definition) is 6. The lowest BCUT2D eigenvalue weighted by Gasteiger charge is -2.49. The Morgan fingerprint density at radius 1 is 1.28 bits per heavy atom. The maximum absolute atomic E-state index is 14.4. The van der Waals surface area contributed by atoms with E-state index in [2.05, 4.69) is 4.98 Å². The average molecular weight is 436 g/mol. The summed E-state index contributed by atoms with van der Waals surface area (Å²) in [5, 5.41) is 0. The van der Waals surface area contributed by atoms with E-state index in [-0.39, 0.29) is 30.6 Å². The number of amidine groups is 1. The minimum Gasteiger partial charge on any atom is -0.490 e. The van der Waals surface area contributed by atoms with Gasteiger partial charge < -0.3 is 20.1 Å². The molecule has 1 aliphatic carbocycles. The number of likely N-dealkylation sites (tertiary alicyclic amines) is 1. The molecule has 8 heteroatoms. The second kappa shape index (κ2) is 7.18. The van der Waals surface area contributed by atoms with Crippen molar-refractivity contribution in [2.24, 2.45) is 22.6 Å². The van der Waals surface area contributed by atoms with Gasteiger partial charge in [0.2, 0.25) is 11.9 Å². The number of aliphatic imine (C=N–C) groups is 1. The summed E-state index contributed by atoms with van der Waals surface area (Å²) in [5.41, 5.74) is 7.14. The van der Waals surface area contributed by atoms with Crippen LogP contribution in [0.25, 0.3) is 11.1 Å². The molecule has 1 aromatic heterocycles. The van der Waals surface area contributed by atoms with Gasteiger partial charge in [0.15, 0.2) is 0 Å². The highest BCUT2D eigenvalue weighted by atomic mass is 19.1. The van der Waals surface area contributed by atoms with E-state index in [1.807, 2.05) is 23.1 Å². The first-order chi connectivity index (χ1) is 15.5. The van der Waals surface area contributed by atoms with Crippen molar-refractivity contribution < 1.29 is 18.7 Å². The number of fused-ring (bicyclic) bond motifs is 4. The topological polar surface area (TPSA) is 90.0 Å². The SMILES string of the molecule is NC1=N[C@]2(CO1)c1cc(-c3cccnc3F)ccc1O[C@H]1CCN(C(=O)CC3CC3)C[C@@H]12. The van der Waals surface area contributed by atoms with Crippen LogP contribution in [0.15, 0.2) is 41.5 Å². The molecular weight excluding hydrogens is 411 g/mol. The van der Waals surface area contributed by atoms with Gasteiger partial charge in [-0.1, -0.05) is 6.07 Å². The third-order valence-electron chi connectivity index (χ3n) is 7.22. The fourth-order valence-corrected chi connectivity index (χ4v) is 5.33. The minimum atomic E-state index is -0.768. The highest BCUT2D eigenvalue weighted by Crippen LogP contribution is 2.51. The molecule has 4 heterocycles. The normalized spacial score (nSPS) is 28.4. The number of rotatable bonds is 3. The first-order valence-corrected chi connectivity index (χ1v) is 11.2. The summed E-state index contributed by atoms with van der Waals surface area (Å²) in [6, 6.07) is 9.15. The summed E-state index contributed by atoms with van der Waals surface area (Å²) < 4.78 is 26.5. The van der Waals surface area contributed by atoms with Gasteiger partial charge in [-0.15, -0.1) is 0 Å². The molecule has 0 radical (unpaired) electrons. The molecule has 2 aromatic rings. The number of pyridine rings is 1. The fourth-order valence-electron chi connectivity index (χ4n) is 5.33. The Balaban J connectivity index is 1.40. The van der Waals surface area contributed by atoms with Gasteiger partial charge in [0.25, 0.3) is 6.02 Å². The Labute approximate surface area is 185 Å². The zero-order chi connectivity index (χ0) is 21.9. The number of hydrogen-bond donors (Lipinski definition) is 1.